The zero-order chi connectivity index (χ0) is 12.8. The first kappa shape index (κ1) is 14.3. The van der Waals surface area contributed by atoms with Crippen LogP contribution in [0, 0.1) is 0 Å². The molecular weight excluding hydrogens is 327 g/mol. The number of fused-ring (bicyclic) bond motifs is 1. The molecule has 2 rings (SSSR count). The lowest BCUT2D eigenvalue weighted by molar-refractivity contribution is 0.414. The van der Waals surface area contributed by atoms with Crippen molar-refractivity contribution in [2.75, 3.05) is 25.6 Å². The molecule has 0 saturated heterocycles. The summed E-state index contributed by atoms with van der Waals surface area (Å²) in [6, 6.07) is 5.43. The lowest BCUT2D eigenvalue weighted by Crippen LogP contribution is -2.14. The first-order valence-corrected chi connectivity index (χ1v) is 7.64. The number of nitrogens with zero attached hydrogens (tertiary/aromatic N) is 1. The molecule has 4 heteroatoms. The van der Waals surface area contributed by atoms with Gasteiger partial charge in [0.1, 0.15) is 5.75 Å². The third kappa shape index (κ3) is 3.89. The van der Waals surface area contributed by atoms with Crippen molar-refractivity contribution in [3.63, 3.8) is 0 Å². The molecule has 0 aliphatic carbocycles. The predicted molar refractivity (Wildman–Crippen MR) is 82.2 cm³/mol. The monoisotopic (exact) mass is 346 g/mol. The first-order chi connectivity index (χ1) is 8.16. The molecule has 2 N–H and O–H groups in total. The smallest absolute Gasteiger partial charge is 0.116 e. The minimum Gasteiger partial charge on any atom is -0.508 e. The summed E-state index contributed by atoms with van der Waals surface area (Å²) in [7, 11) is 4.12. The van der Waals surface area contributed by atoms with Gasteiger partial charge in [-0.1, -0.05) is 22.6 Å². The minimum atomic E-state index is 0.327. The number of aromatic amines is 1. The van der Waals surface area contributed by atoms with E-state index in [-0.39, 0.29) is 0 Å². The van der Waals surface area contributed by atoms with Crippen molar-refractivity contribution in [1.29, 1.82) is 0 Å². The summed E-state index contributed by atoms with van der Waals surface area (Å²) in [5.41, 5.74) is 2.34. The van der Waals surface area contributed by atoms with E-state index in [0.717, 1.165) is 23.9 Å². The number of aromatic hydroxyl groups is 1. The fourth-order valence-corrected chi connectivity index (χ4v) is 1.72. The molecule has 0 atom stereocenters. The van der Waals surface area contributed by atoms with Crippen molar-refractivity contribution in [3.8, 4) is 5.75 Å². The third-order valence-corrected chi connectivity index (χ3v) is 2.58. The van der Waals surface area contributed by atoms with E-state index >= 15 is 0 Å². The number of hydrogen-bond donors (Lipinski definition) is 2. The number of benzene rings is 1. The number of aromatic nitrogens is 1. The average molecular weight is 346 g/mol. The summed E-state index contributed by atoms with van der Waals surface area (Å²) >= 11 is 2.15. The van der Waals surface area contributed by atoms with Crippen LogP contribution in [-0.4, -0.2) is 40.6 Å². The van der Waals surface area contributed by atoms with Crippen molar-refractivity contribution in [2.45, 2.75) is 6.42 Å². The topological polar surface area (TPSA) is 39.3 Å². The number of nitrogens with one attached hydrogen (secondary N) is 1. The van der Waals surface area contributed by atoms with Crippen molar-refractivity contribution in [1.82, 2.24) is 9.88 Å². The molecule has 0 unspecified atom stereocenters. The number of phenols is 1. The van der Waals surface area contributed by atoms with Crippen LogP contribution < -0.4 is 0 Å². The molecule has 0 aliphatic rings. The maximum atomic E-state index is 9.43. The van der Waals surface area contributed by atoms with Gasteiger partial charge in [-0.05, 0) is 49.2 Å². The molecule has 0 aliphatic heterocycles. The molecule has 94 valence electrons. The molecule has 1 heterocycles. The molecule has 3 nitrogen and oxygen atoms in total. The predicted octanol–water partition coefficient (Wildman–Crippen LogP) is 3.03. The Labute approximate surface area is 116 Å². The number of likely N-dealkylation sites (N-methyl/N-ethyl adjacent to an activating group) is 1. The van der Waals surface area contributed by atoms with Crippen LogP contribution in [0.15, 0.2) is 24.4 Å². The summed E-state index contributed by atoms with van der Waals surface area (Å²) in [5, 5.41) is 10.5. The highest BCUT2D eigenvalue weighted by Crippen LogP contribution is 2.23. The Morgan fingerprint density at radius 3 is 2.65 bits per heavy atom. The maximum Gasteiger partial charge on any atom is 0.116 e. The maximum absolute atomic E-state index is 9.43. The fraction of sp³-hybridized carbons (Fsp3) is 0.385. The zero-order valence-electron chi connectivity index (χ0n) is 10.5. The van der Waals surface area contributed by atoms with E-state index in [1.165, 1.54) is 5.56 Å². The van der Waals surface area contributed by atoms with Gasteiger partial charge in [-0.15, -0.1) is 0 Å². The van der Waals surface area contributed by atoms with Gasteiger partial charge in [0.25, 0.3) is 0 Å². The van der Waals surface area contributed by atoms with E-state index < -0.39 is 0 Å². The summed E-state index contributed by atoms with van der Waals surface area (Å²) in [6.07, 6.45) is 3.02. The van der Waals surface area contributed by atoms with Crippen molar-refractivity contribution >= 4 is 33.5 Å². The molecule has 2 aromatic rings. The van der Waals surface area contributed by atoms with Crippen LogP contribution >= 0.6 is 22.6 Å². The average Bonchev–Trinajstić information content (AvgIpc) is 2.71. The Balaban J connectivity index is 0.000000686. The van der Waals surface area contributed by atoms with Gasteiger partial charge in [0.2, 0.25) is 0 Å². The van der Waals surface area contributed by atoms with Gasteiger partial charge in [-0.3, -0.25) is 0 Å². The van der Waals surface area contributed by atoms with E-state index in [0.29, 0.717) is 5.75 Å². The molecule has 0 amide bonds. The molecule has 0 saturated carbocycles. The van der Waals surface area contributed by atoms with Crippen molar-refractivity contribution in [3.05, 3.63) is 30.0 Å². The van der Waals surface area contributed by atoms with Crippen LogP contribution in [0.1, 0.15) is 5.56 Å². The van der Waals surface area contributed by atoms with Crippen LogP contribution in [-0.2, 0) is 6.42 Å². The second-order valence-electron chi connectivity index (χ2n) is 4.10. The number of halogens is 1. The van der Waals surface area contributed by atoms with Crippen LogP contribution in [0.2, 0.25) is 0 Å². The standard InChI is InChI=1S/C12H16N2O.CH3I/c1-14(2)6-5-9-8-13-12-4-3-10(15)7-11(9)12;1-2/h3-4,7-8,13,15H,5-6H2,1-2H3;1H3. The second-order valence-corrected chi connectivity index (χ2v) is 4.10. The van der Waals surface area contributed by atoms with Crippen LogP contribution in [0.25, 0.3) is 10.9 Å². The Hall–Kier alpha value is -0.750. The molecule has 0 fully saturated rings. The highest BCUT2D eigenvalue weighted by molar-refractivity contribution is 14.1. The normalized spacial score (nSPS) is 10.4. The highest BCUT2D eigenvalue weighted by atomic mass is 127. The van der Waals surface area contributed by atoms with Gasteiger partial charge in [0, 0.05) is 23.6 Å². The number of rotatable bonds is 3. The molecule has 1 aromatic heterocycles. The number of phenolic OH excluding ortho intramolecular Hbond substituents is 1. The molecule has 0 radical (unpaired) electrons. The van der Waals surface area contributed by atoms with Crippen molar-refractivity contribution < 1.29 is 5.11 Å². The van der Waals surface area contributed by atoms with Crippen molar-refractivity contribution in [2.24, 2.45) is 0 Å². The highest BCUT2D eigenvalue weighted by Gasteiger charge is 2.04. The Morgan fingerprint density at radius 1 is 1.29 bits per heavy atom. The van der Waals surface area contributed by atoms with Gasteiger partial charge >= 0.3 is 0 Å². The molecule has 0 spiro atoms. The third-order valence-electron chi connectivity index (χ3n) is 2.58. The lowest BCUT2D eigenvalue weighted by Gasteiger charge is -2.08. The quantitative estimate of drug-likeness (QED) is 0.663. The Bertz CT molecular complexity index is 465. The largest absolute Gasteiger partial charge is 0.508 e. The molecular formula is C13H19IN2O. The van der Waals surface area contributed by atoms with E-state index in [9.17, 15) is 5.11 Å². The second kappa shape index (κ2) is 6.86. The zero-order valence-corrected chi connectivity index (χ0v) is 12.7. The Kier molecular flexibility index (Phi) is 5.77. The Morgan fingerprint density at radius 2 is 2.00 bits per heavy atom. The summed E-state index contributed by atoms with van der Waals surface area (Å²) in [5.74, 6) is 0.327. The summed E-state index contributed by atoms with van der Waals surface area (Å²) in [4.78, 5) is 7.33. The van der Waals surface area contributed by atoms with Gasteiger partial charge in [-0.25, -0.2) is 0 Å². The molecule has 1 aromatic carbocycles. The van der Waals surface area contributed by atoms with Gasteiger partial charge in [0.05, 0.1) is 0 Å². The van der Waals surface area contributed by atoms with Crippen LogP contribution in [0.5, 0.6) is 5.75 Å². The van der Waals surface area contributed by atoms with Gasteiger partial charge in [-0.2, -0.15) is 0 Å². The number of alkyl halides is 1. The van der Waals surface area contributed by atoms with Crippen LogP contribution in [0.4, 0.5) is 0 Å². The van der Waals surface area contributed by atoms with E-state index in [4.69, 9.17) is 0 Å². The lowest BCUT2D eigenvalue weighted by atomic mass is 10.1. The number of hydrogen-bond acceptors (Lipinski definition) is 2. The van der Waals surface area contributed by atoms with Gasteiger partial charge < -0.3 is 15.0 Å². The van der Waals surface area contributed by atoms with Gasteiger partial charge in [0.15, 0.2) is 0 Å². The minimum absolute atomic E-state index is 0.327. The first-order valence-electron chi connectivity index (χ1n) is 5.48. The number of H-pyrrole nitrogens is 1. The van der Waals surface area contributed by atoms with E-state index in [1.807, 2.05) is 23.3 Å². The van der Waals surface area contributed by atoms with E-state index in [2.05, 4.69) is 46.6 Å². The SMILES string of the molecule is CI.CN(C)CCc1c[nH]c2ccc(O)cc12. The van der Waals surface area contributed by atoms with Crippen LogP contribution in [0.3, 0.4) is 0 Å². The fourth-order valence-electron chi connectivity index (χ4n) is 1.72. The summed E-state index contributed by atoms with van der Waals surface area (Å²) < 4.78 is 0. The molecule has 17 heavy (non-hydrogen) atoms. The molecule has 0 bridgehead atoms. The van der Waals surface area contributed by atoms with E-state index in [1.54, 1.807) is 6.07 Å². The summed E-state index contributed by atoms with van der Waals surface area (Å²) in [6.45, 7) is 1.02.